The van der Waals surface area contributed by atoms with Gasteiger partial charge in [-0.05, 0) is 12.1 Å². The maximum absolute atomic E-state index is 12.6. The van der Waals surface area contributed by atoms with Crippen molar-refractivity contribution in [2.24, 2.45) is 0 Å². The fourth-order valence-corrected chi connectivity index (χ4v) is 3.70. The van der Waals surface area contributed by atoms with Crippen LogP contribution in [0.15, 0.2) is 29.2 Å². The zero-order valence-electron chi connectivity index (χ0n) is 11.9. The maximum atomic E-state index is 12.6. The highest BCUT2D eigenvalue weighted by Gasteiger charge is 2.28. The van der Waals surface area contributed by atoms with Crippen molar-refractivity contribution < 1.29 is 18.0 Å². The van der Waals surface area contributed by atoms with Crippen LogP contribution in [0.1, 0.15) is 23.7 Å². The van der Waals surface area contributed by atoms with E-state index in [1.54, 1.807) is 24.0 Å². The summed E-state index contributed by atoms with van der Waals surface area (Å²) in [7, 11) is -3.62. The molecule has 1 aromatic rings. The van der Waals surface area contributed by atoms with Gasteiger partial charge in [0, 0.05) is 38.2 Å². The van der Waals surface area contributed by atoms with Gasteiger partial charge in [-0.2, -0.15) is 4.31 Å². The fourth-order valence-electron chi connectivity index (χ4n) is 2.23. The first-order valence-electron chi connectivity index (χ1n) is 6.81. The van der Waals surface area contributed by atoms with Crippen molar-refractivity contribution in [3.05, 3.63) is 29.8 Å². The van der Waals surface area contributed by atoms with Crippen LogP contribution in [-0.4, -0.2) is 56.0 Å². The SMILES string of the molecule is CCC(=O)c1cccc(S(=O)(=O)N2CCN(C=O)CC2)c1. The van der Waals surface area contributed by atoms with Gasteiger partial charge >= 0.3 is 0 Å². The quantitative estimate of drug-likeness (QED) is 0.594. The predicted octanol–water partition coefficient (Wildman–Crippen LogP) is 0.742. The molecule has 0 unspecified atom stereocenters. The van der Waals surface area contributed by atoms with Crippen molar-refractivity contribution in [2.45, 2.75) is 18.2 Å². The van der Waals surface area contributed by atoms with Gasteiger partial charge in [0.15, 0.2) is 5.78 Å². The number of carbonyl (C=O) groups is 2. The number of Topliss-reactive ketones (excluding diaryl/α,β-unsaturated/α-hetero) is 1. The van der Waals surface area contributed by atoms with Crippen LogP contribution in [-0.2, 0) is 14.8 Å². The number of amides is 1. The van der Waals surface area contributed by atoms with Gasteiger partial charge in [-0.25, -0.2) is 8.42 Å². The van der Waals surface area contributed by atoms with Crippen LogP contribution >= 0.6 is 0 Å². The van der Waals surface area contributed by atoms with Gasteiger partial charge in [0.05, 0.1) is 4.90 Å². The highest BCUT2D eigenvalue weighted by molar-refractivity contribution is 7.89. The number of hydrogen-bond donors (Lipinski definition) is 0. The zero-order chi connectivity index (χ0) is 15.5. The molecule has 1 saturated heterocycles. The van der Waals surface area contributed by atoms with Crippen molar-refractivity contribution in [3.63, 3.8) is 0 Å². The molecule has 1 aromatic carbocycles. The average molecular weight is 310 g/mol. The van der Waals surface area contributed by atoms with Crippen molar-refractivity contribution >= 4 is 22.2 Å². The van der Waals surface area contributed by atoms with Gasteiger partial charge in [0.25, 0.3) is 0 Å². The second kappa shape index (κ2) is 6.36. The summed E-state index contributed by atoms with van der Waals surface area (Å²) in [5, 5.41) is 0. The van der Waals surface area contributed by atoms with E-state index in [4.69, 9.17) is 0 Å². The van der Waals surface area contributed by atoms with Crippen molar-refractivity contribution in [1.29, 1.82) is 0 Å². The van der Waals surface area contributed by atoms with Gasteiger partial charge in [0.1, 0.15) is 0 Å². The van der Waals surface area contributed by atoms with Crippen LogP contribution in [0.5, 0.6) is 0 Å². The van der Waals surface area contributed by atoms with E-state index in [1.165, 1.54) is 16.4 Å². The molecule has 1 amide bonds. The maximum Gasteiger partial charge on any atom is 0.243 e. The smallest absolute Gasteiger partial charge is 0.243 e. The van der Waals surface area contributed by atoms with Crippen LogP contribution in [0.25, 0.3) is 0 Å². The Morgan fingerprint density at radius 1 is 1.24 bits per heavy atom. The van der Waals surface area contributed by atoms with E-state index in [0.717, 1.165) is 6.41 Å². The molecular weight excluding hydrogens is 292 g/mol. The molecular formula is C14H18N2O4S. The van der Waals surface area contributed by atoms with E-state index in [1.807, 2.05) is 0 Å². The summed E-state index contributed by atoms with van der Waals surface area (Å²) in [6, 6.07) is 6.12. The molecule has 0 radical (unpaired) electrons. The Kier molecular flexibility index (Phi) is 4.74. The molecule has 0 aromatic heterocycles. The normalized spacial score (nSPS) is 16.7. The van der Waals surface area contributed by atoms with Gasteiger partial charge in [-0.3, -0.25) is 9.59 Å². The van der Waals surface area contributed by atoms with Crippen LogP contribution < -0.4 is 0 Å². The lowest BCUT2D eigenvalue weighted by molar-refractivity contribution is -0.119. The second-order valence-corrected chi connectivity index (χ2v) is 6.79. The molecule has 0 bridgehead atoms. The number of carbonyl (C=O) groups excluding carboxylic acids is 2. The molecule has 1 aliphatic rings. The Bertz CT molecular complexity index is 634. The molecule has 1 aliphatic heterocycles. The lowest BCUT2D eigenvalue weighted by Gasteiger charge is -2.31. The summed E-state index contributed by atoms with van der Waals surface area (Å²) in [6.07, 6.45) is 1.06. The van der Waals surface area contributed by atoms with Crippen LogP contribution in [0.3, 0.4) is 0 Å². The minimum Gasteiger partial charge on any atom is -0.343 e. The van der Waals surface area contributed by atoms with Crippen molar-refractivity contribution in [2.75, 3.05) is 26.2 Å². The monoisotopic (exact) mass is 310 g/mol. The Labute approximate surface area is 124 Å². The van der Waals surface area contributed by atoms with Gasteiger partial charge in [0.2, 0.25) is 16.4 Å². The van der Waals surface area contributed by atoms with Crippen molar-refractivity contribution in [3.8, 4) is 0 Å². The minimum atomic E-state index is -3.62. The summed E-state index contributed by atoms with van der Waals surface area (Å²) in [4.78, 5) is 24.0. The third-order valence-electron chi connectivity index (χ3n) is 3.54. The highest BCUT2D eigenvalue weighted by Crippen LogP contribution is 2.19. The van der Waals surface area contributed by atoms with Crippen LogP contribution in [0.2, 0.25) is 0 Å². The van der Waals surface area contributed by atoms with Gasteiger partial charge in [-0.1, -0.05) is 19.1 Å². The summed E-state index contributed by atoms with van der Waals surface area (Å²) < 4.78 is 26.5. The molecule has 1 heterocycles. The molecule has 7 heteroatoms. The van der Waals surface area contributed by atoms with E-state index < -0.39 is 10.0 Å². The first kappa shape index (κ1) is 15.7. The van der Waals surface area contributed by atoms with E-state index in [0.29, 0.717) is 25.1 Å². The standard InChI is InChI=1S/C14H18N2O4S/c1-2-14(18)12-4-3-5-13(10-12)21(19,20)16-8-6-15(11-17)7-9-16/h3-5,10-11H,2,6-9H2,1H3. The second-order valence-electron chi connectivity index (χ2n) is 4.85. The molecule has 1 fully saturated rings. The summed E-state index contributed by atoms with van der Waals surface area (Å²) >= 11 is 0. The van der Waals surface area contributed by atoms with E-state index in [2.05, 4.69) is 0 Å². The van der Waals surface area contributed by atoms with Crippen molar-refractivity contribution in [1.82, 2.24) is 9.21 Å². The number of ketones is 1. The van der Waals surface area contributed by atoms with Gasteiger partial charge in [-0.15, -0.1) is 0 Å². The summed E-state index contributed by atoms with van der Waals surface area (Å²) in [6.45, 7) is 3.05. The number of benzene rings is 1. The Morgan fingerprint density at radius 2 is 1.90 bits per heavy atom. The molecule has 0 saturated carbocycles. The largest absolute Gasteiger partial charge is 0.343 e. The first-order valence-corrected chi connectivity index (χ1v) is 8.26. The third-order valence-corrected chi connectivity index (χ3v) is 5.43. The third kappa shape index (κ3) is 3.30. The Morgan fingerprint density at radius 3 is 2.48 bits per heavy atom. The van der Waals surface area contributed by atoms with Crippen LogP contribution in [0.4, 0.5) is 0 Å². The highest BCUT2D eigenvalue weighted by atomic mass is 32.2. The molecule has 2 rings (SSSR count). The number of rotatable bonds is 5. The first-order chi connectivity index (χ1) is 9.98. The minimum absolute atomic E-state index is 0.0853. The summed E-state index contributed by atoms with van der Waals surface area (Å²) in [5.41, 5.74) is 0.408. The topological polar surface area (TPSA) is 74.8 Å². The number of sulfonamides is 1. The average Bonchev–Trinajstić information content (AvgIpc) is 2.54. The number of hydrogen-bond acceptors (Lipinski definition) is 4. The van der Waals surface area contributed by atoms with E-state index in [-0.39, 0.29) is 23.8 Å². The van der Waals surface area contributed by atoms with Crippen LogP contribution in [0, 0.1) is 0 Å². The van der Waals surface area contributed by atoms with E-state index in [9.17, 15) is 18.0 Å². The fraction of sp³-hybridized carbons (Fsp3) is 0.429. The molecule has 0 aliphatic carbocycles. The number of nitrogens with zero attached hydrogens (tertiary/aromatic N) is 2. The van der Waals surface area contributed by atoms with E-state index >= 15 is 0 Å². The molecule has 114 valence electrons. The predicted molar refractivity (Wildman–Crippen MR) is 77.5 cm³/mol. The molecule has 21 heavy (non-hydrogen) atoms. The lowest BCUT2D eigenvalue weighted by Crippen LogP contribution is -2.47. The molecule has 0 N–H and O–H groups in total. The lowest BCUT2D eigenvalue weighted by atomic mass is 10.1. The molecule has 0 atom stereocenters. The summed E-state index contributed by atoms with van der Waals surface area (Å²) in [5.74, 6) is -0.0853. The number of piperazine rings is 1. The van der Waals surface area contributed by atoms with Gasteiger partial charge < -0.3 is 4.90 Å². The zero-order valence-corrected chi connectivity index (χ0v) is 12.7. The Hall–Kier alpha value is -1.73. The Balaban J connectivity index is 2.24. The molecule has 0 spiro atoms. The molecule has 6 nitrogen and oxygen atoms in total.